The molecule has 78 valence electrons. The zero-order valence-electron chi connectivity index (χ0n) is 8.56. The molecule has 13 heavy (non-hydrogen) atoms. The molecule has 1 amide bonds. The van der Waals surface area contributed by atoms with Crippen molar-refractivity contribution >= 4 is 5.91 Å². The van der Waals surface area contributed by atoms with Gasteiger partial charge in [0, 0.05) is 13.2 Å². The smallest absolute Gasteiger partial charge is 0.245 e. The summed E-state index contributed by atoms with van der Waals surface area (Å²) in [5, 5.41) is 5.78. The lowest BCUT2D eigenvalue weighted by Gasteiger charge is -2.04. The molecular formula is C9H20N2O2. The number of ether oxygens (including phenoxy) is 1. The van der Waals surface area contributed by atoms with Crippen molar-refractivity contribution in [2.45, 2.75) is 19.8 Å². The maximum Gasteiger partial charge on any atom is 0.245 e. The third-order valence-corrected chi connectivity index (χ3v) is 1.51. The van der Waals surface area contributed by atoms with Crippen LogP contribution in [0.3, 0.4) is 0 Å². The van der Waals surface area contributed by atoms with Gasteiger partial charge in [0.2, 0.25) is 5.91 Å². The molecule has 0 bridgehead atoms. The Bertz CT molecular complexity index is 129. The number of rotatable bonds is 8. The molecule has 0 fully saturated rings. The summed E-state index contributed by atoms with van der Waals surface area (Å²) in [5.74, 6) is -0.0236. The van der Waals surface area contributed by atoms with Gasteiger partial charge in [-0.05, 0) is 26.4 Å². The highest BCUT2D eigenvalue weighted by molar-refractivity contribution is 5.77. The molecule has 0 spiro atoms. The third kappa shape index (κ3) is 9.30. The van der Waals surface area contributed by atoms with Gasteiger partial charge in [0.05, 0.1) is 0 Å². The number of hydrogen-bond donors (Lipinski definition) is 2. The Kier molecular flexibility index (Phi) is 9.03. The Morgan fingerprint density at radius 2 is 2.15 bits per heavy atom. The Morgan fingerprint density at radius 3 is 2.77 bits per heavy atom. The summed E-state index contributed by atoms with van der Waals surface area (Å²) in [6.07, 6.45) is 1.91. The lowest BCUT2D eigenvalue weighted by Crippen LogP contribution is -2.30. The molecule has 0 aliphatic rings. The molecule has 4 heteroatoms. The summed E-state index contributed by atoms with van der Waals surface area (Å²) in [4.78, 5) is 11.0. The standard InChI is InChI=1S/C9H20N2O2/c1-3-7-13-8-9(12)11-6-4-5-10-2/h10H,3-8H2,1-2H3,(H,11,12). The first-order valence-electron chi connectivity index (χ1n) is 4.80. The minimum absolute atomic E-state index is 0.0236. The van der Waals surface area contributed by atoms with Crippen molar-refractivity contribution in [1.29, 1.82) is 0 Å². The largest absolute Gasteiger partial charge is 0.372 e. The van der Waals surface area contributed by atoms with Gasteiger partial charge >= 0.3 is 0 Å². The lowest BCUT2D eigenvalue weighted by molar-refractivity contribution is -0.125. The normalized spacial score (nSPS) is 10.0. The molecule has 0 saturated carbocycles. The number of amides is 1. The molecule has 0 radical (unpaired) electrons. The second kappa shape index (κ2) is 9.48. The monoisotopic (exact) mass is 188 g/mol. The average molecular weight is 188 g/mol. The maximum atomic E-state index is 11.0. The van der Waals surface area contributed by atoms with E-state index in [1.54, 1.807) is 0 Å². The van der Waals surface area contributed by atoms with E-state index in [1.165, 1.54) is 0 Å². The fourth-order valence-electron chi connectivity index (χ4n) is 0.853. The van der Waals surface area contributed by atoms with E-state index >= 15 is 0 Å². The van der Waals surface area contributed by atoms with E-state index in [9.17, 15) is 4.79 Å². The van der Waals surface area contributed by atoms with Gasteiger partial charge in [-0.1, -0.05) is 6.92 Å². The second-order valence-electron chi connectivity index (χ2n) is 2.86. The second-order valence-corrected chi connectivity index (χ2v) is 2.86. The molecule has 0 rings (SSSR count). The first-order chi connectivity index (χ1) is 6.31. The number of nitrogens with one attached hydrogen (secondary N) is 2. The lowest BCUT2D eigenvalue weighted by atomic mass is 10.4. The molecule has 0 heterocycles. The number of carbonyl (C=O) groups is 1. The van der Waals surface area contributed by atoms with Crippen LogP contribution >= 0.6 is 0 Å². The van der Waals surface area contributed by atoms with Crippen LogP contribution in [0.1, 0.15) is 19.8 Å². The van der Waals surface area contributed by atoms with Crippen LogP contribution < -0.4 is 10.6 Å². The van der Waals surface area contributed by atoms with Gasteiger partial charge in [-0.25, -0.2) is 0 Å². The number of hydrogen-bond acceptors (Lipinski definition) is 3. The van der Waals surface area contributed by atoms with Crippen LogP contribution in [0.25, 0.3) is 0 Å². The predicted molar refractivity (Wildman–Crippen MR) is 52.7 cm³/mol. The van der Waals surface area contributed by atoms with Crippen molar-refractivity contribution < 1.29 is 9.53 Å². The molecule has 0 atom stereocenters. The van der Waals surface area contributed by atoms with Crippen molar-refractivity contribution in [1.82, 2.24) is 10.6 Å². The van der Waals surface area contributed by atoms with Gasteiger partial charge in [-0.2, -0.15) is 0 Å². The Labute approximate surface area is 80.0 Å². The van der Waals surface area contributed by atoms with Crippen molar-refractivity contribution in [3.8, 4) is 0 Å². The van der Waals surface area contributed by atoms with Gasteiger partial charge in [-0.3, -0.25) is 4.79 Å². The Balaban J connectivity index is 3.11. The van der Waals surface area contributed by atoms with Crippen molar-refractivity contribution in [2.75, 3.05) is 33.4 Å². The van der Waals surface area contributed by atoms with Crippen molar-refractivity contribution in [3.05, 3.63) is 0 Å². The zero-order valence-corrected chi connectivity index (χ0v) is 8.56. The molecule has 0 aromatic heterocycles. The summed E-state index contributed by atoms with van der Waals surface area (Å²) in [6.45, 7) is 4.51. The summed E-state index contributed by atoms with van der Waals surface area (Å²) >= 11 is 0. The van der Waals surface area contributed by atoms with Gasteiger partial charge in [0.15, 0.2) is 0 Å². The predicted octanol–water partition coefficient (Wildman–Crippen LogP) is 0.139. The molecule has 4 nitrogen and oxygen atoms in total. The molecule has 0 saturated heterocycles. The average Bonchev–Trinajstić information content (AvgIpc) is 2.13. The van der Waals surface area contributed by atoms with E-state index in [0.717, 1.165) is 25.9 Å². The molecule has 0 aliphatic heterocycles. The molecule has 0 aromatic carbocycles. The zero-order chi connectivity index (χ0) is 9.94. The summed E-state index contributed by atoms with van der Waals surface area (Å²) in [6, 6.07) is 0. The number of carbonyl (C=O) groups excluding carboxylic acids is 1. The Hall–Kier alpha value is -0.610. The molecule has 0 unspecified atom stereocenters. The van der Waals surface area contributed by atoms with Gasteiger partial charge in [0.25, 0.3) is 0 Å². The highest BCUT2D eigenvalue weighted by atomic mass is 16.5. The SMILES string of the molecule is CCCOCC(=O)NCCCNC. The first-order valence-corrected chi connectivity index (χ1v) is 4.80. The van der Waals surface area contributed by atoms with E-state index in [-0.39, 0.29) is 12.5 Å². The fourth-order valence-corrected chi connectivity index (χ4v) is 0.853. The van der Waals surface area contributed by atoms with E-state index in [2.05, 4.69) is 10.6 Å². The summed E-state index contributed by atoms with van der Waals surface area (Å²) in [5.41, 5.74) is 0. The minimum Gasteiger partial charge on any atom is -0.372 e. The van der Waals surface area contributed by atoms with Crippen LogP contribution in [0.2, 0.25) is 0 Å². The highest BCUT2D eigenvalue weighted by Crippen LogP contribution is 1.80. The molecule has 2 N–H and O–H groups in total. The van der Waals surface area contributed by atoms with Crippen LogP contribution in [0.4, 0.5) is 0 Å². The van der Waals surface area contributed by atoms with Crippen LogP contribution in [0.5, 0.6) is 0 Å². The minimum atomic E-state index is -0.0236. The van der Waals surface area contributed by atoms with E-state index in [4.69, 9.17) is 4.74 Å². The van der Waals surface area contributed by atoms with Crippen LogP contribution in [0, 0.1) is 0 Å². The third-order valence-electron chi connectivity index (χ3n) is 1.51. The molecule has 0 aliphatic carbocycles. The van der Waals surface area contributed by atoms with Crippen molar-refractivity contribution in [3.63, 3.8) is 0 Å². The quantitative estimate of drug-likeness (QED) is 0.533. The van der Waals surface area contributed by atoms with Crippen molar-refractivity contribution in [2.24, 2.45) is 0 Å². The molecular weight excluding hydrogens is 168 g/mol. The van der Waals surface area contributed by atoms with Crippen LogP contribution in [-0.2, 0) is 9.53 Å². The summed E-state index contributed by atoms with van der Waals surface area (Å²) in [7, 11) is 1.90. The topological polar surface area (TPSA) is 50.4 Å². The fraction of sp³-hybridized carbons (Fsp3) is 0.889. The van der Waals surface area contributed by atoms with Crippen LogP contribution in [-0.4, -0.2) is 39.3 Å². The van der Waals surface area contributed by atoms with E-state index in [1.807, 2.05) is 14.0 Å². The molecule has 0 aromatic rings. The first kappa shape index (κ1) is 12.4. The van der Waals surface area contributed by atoms with Gasteiger partial charge in [0.1, 0.15) is 6.61 Å². The van der Waals surface area contributed by atoms with E-state index in [0.29, 0.717) is 6.61 Å². The van der Waals surface area contributed by atoms with Crippen LogP contribution in [0.15, 0.2) is 0 Å². The maximum absolute atomic E-state index is 11.0. The Morgan fingerprint density at radius 1 is 1.38 bits per heavy atom. The highest BCUT2D eigenvalue weighted by Gasteiger charge is 1.98. The van der Waals surface area contributed by atoms with Gasteiger partial charge < -0.3 is 15.4 Å². The van der Waals surface area contributed by atoms with Gasteiger partial charge in [-0.15, -0.1) is 0 Å². The summed E-state index contributed by atoms with van der Waals surface area (Å²) < 4.78 is 5.07. The van der Waals surface area contributed by atoms with E-state index < -0.39 is 0 Å².